The zero-order valence-corrected chi connectivity index (χ0v) is 23.9. The Morgan fingerprint density at radius 3 is 2.46 bits per heavy atom. The monoisotopic (exact) mass is 557 g/mol. The lowest BCUT2D eigenvalue weighted by molar-refractivity contribution is -0.123. The normalized spacial score (nSPS) is 14.6. The molecular weight excluding hydrogens is 526 g/mol. The van der Waals surface area contributed by atoms with Crippen molar-refractivity contribution >= 4 is 55.9 Å². The van der Waals surface area contributed by atoms with Gasteiger partial charge in [0, 0.05) is 58.7 Å². The molecule has 0 bridgehead atoms. The zero-order valence-electron chi connectivity index (χ0n) is 22.2. The van der Waals surface area contributed by atoms with Gasteiger partial charge in [0.1, 0.15) is 11.7 Å². The van der Waals surface area contributed by atoms with E-state index in [4.69, 9.17) is 6.42 Å². The van der Waals surface area contributed by atoms with Crippen molar-refractivity contribution in [3.63, 3.8) is 0 Å². The lowest BCUT2D eigenvalue weighted by Gasteiger charge is -2.34. The van der Waals surface area contributed by atoms with Crippen LogP contribution in [0.15, 0.2) is 59.3 Å². The Hall–Kier alpha value is -3.71. The Labute approximate surface area is 236 Å². The maximum atomic E-state index is 14.2. The third-order valence-electron chi connectivity index (χ3n) is 6.49. The number of carbonyl (C=O) groups is 2. The van der Waals surface area contributed by atoms with Gasteiger partial charge in [0.05, 0.1) is 0 Å². The van der Waals surface area contributed by atoms with E-state index in [1.165, 1.54) is 11.3 Å². The number of fused-ring (bicyclic) bond motifs is 1. The average Bonchev–Trinajstić information content (AvgIpc) is 3.59. The van der Waals surface area contributed by atoms with Crippen LogP contribution in [0.2, 0.25) is 0 Å². The molecule has 2 amide bonds. The first kappa shape index (κ1) is 26.9. The number of hydrogen-bond acceptors (Lipinski definition) is 7. The van der Waals surface area contributed by atoms with Crippen LogP contribution >= 0.6 is 22.7 Å². The van der Waals surface area contributed by atoms with Crippen LogP contribution in [0.25, 0.3) is 10.1 Å². The number of thiophene rings is 1. The third kappa shape index (κ3) is 5.83. The van der Waals surface area contributed by atoms with Gasteiger partial charge in [0.15, 0.2) is 5.01 Å². The van der Waals surface area contributed by atoms with E-state index in [1.807, 2.05) is 74.7 Å². The molecule has 2 aromatic carbocycles. The van der Waals surface area contributed by atoms with Crippen molar-refractivity contribution in [2.24, 2.45) is 0 Å². The van der Waals surface area contributed by atoms with E-state index in [0.29, 0.717) is 10.7 Å². The summed E-state index contributed by atoms with van der Waals surface area (Å²) in [5.74, 6) is 1.86. The first-order chi connectivity index (χ1) is 18.7. The minimum atomic E-state index is -0.922. The molecule has 0 radical (unpaired) electrons. The number of benzene rings is 2. The van der Waals surface area contributed by atoms with Crippen LogP contribution in [0, 0.1) is 12.3 Å². The molecule has 9 heteroatoms. The molecule has 200 valence electrons. The highest BCUT2D eigenvalue weighted by molar-refractivity contribution is 7.17. The molecule has 1 unspecified atom stereocenters. The standard InChI is InChI=1S/C30H31N5O2S2/c1-5-26-32-24(19-39-26)29(37)35(21-12-10-20(11-13-21)34-16-14-31-15-17-34)27(28(36)33-30(2,3)4)23-18-38-25-9-7-6-8-22(23)25/h1,6-13,18-19,27,31H,14-17H2,2-4H3,(H,33,36). The summed E-state index contributed by atoms with van der Waals surface area (Å²) in [7, 11) is 0. The summed E-state index contributed by atoms with van der Waals surface area (Å²) >= 11 is 2.79. The molecule has 1 aliphatic rings. The molecule has 4 aromatic rings. The molecule has 0 aliphatic carbocycles. The first-order valence-electron chi connectivity index (χ1n) is 12.8. The number of nitrogens with one attached hydrogen (secondary N) is 2. The van der Waals surface area contributed by atoms with E-state index in [1.54, 1.807) is 21.6 Å². The summed E-state index contributed by atoms with van der Waals surface area (Å²) in [6, 6.07) is 14.9. The number of amides is 2. The van der Waals surface area contributed by atoms with Crippen LogP contribution in [0.3, 0.4) is 0 Å². The number of hydrogen-bond donors (Lipinski definition) is 2. The minimum Gasteiger partial charge on any atom is -0.369 e. The molecule has 39 heavy (non-hydrogen) atoms. The Morgan fingerprint density at radius 2 is 1.79 bits per heavy atom. The van der Waals surface area contributed by atoms with Gasteiger partial charge in [0.25, 0.3) is 5.91 Å². The SMILES string of the molecule is C#Cc1nc(C(=O)N(c2ccc(N3CCNCC3)cc2)C(C(=O)NC(C)(C)C)c2csc3ccccc23)cs1. The second kappa shape index (κ2) is 11.2. The number of carbonyl (C=O) groups excluding carboxylic acids is 2. The molecular formula is C30H31N5O2S2. The van der Waals surface area contributed by atoms with E-state index < -0.39 is 11.6 Å². The molecule has 5 rings (SSSR count). The van der Waals surface area contributed by atoms with E-state index in [-0.39, 0.29) is 17.5 Å². The summed E-state index contributed by atoms with van der Waals surface area (Å²) in [4.78, 5) is 36.5. The number of thiazole rings is 1. The smallest absolute Gasteiger partial charge is 0.278 e. The van der Waals surface area contributed by atoms with E-state index in [2.05, 4.69) is 26.4 Å². The highest BCUT2D eigenvalue weighted by atomic mass is 32.1. The van der Waals surface area contributed by atoms with Crippen LogP contribution in [-0.4, -0.2) is 48.5 Å². The molecule has 3 heterocycles. The number of piperazine rings is 1. The fourth-order valence-corrected chi connectivity index (χ4v) is 6.31. The van der Waals surface area contributed by atoms with Crippen molar-refractivity contribution < 1.29 is 9.59 Å². The number of terminal acetylenes is 1. The molecule has 0 spiro atoms. The number of aromatic nitrogens is 1. The number of anilines is 2. The van der Waals surface area contributed by atoms with E-state index in [0.717, 1.165) is 47.5 Å². The van der Waals surface area contributed by atoms with Crippen LogP contribution in [0.4, 0.5) is 11.4 Å². The van der Waals surface area contributed by atoms with Crippen LogP contribution < -0.4 is 20.4 Å². The van der Waals surface area contributed by atoms with Crippen molar-refractivity contribution in [1.82, 2.24) is 15.6 Å². The van der Waals surface area contributed by atoms with Crippen molar-refractivity contribution in [2.75, 3.05) is 36.0 Å². The summed E-state index contributed by atoms with van der Waals surface area (Å²) in [6.07, 6.45) is 5.56. The van der Waals surface area contributed by atoms with Crippen molar-refractivity contribution in [3.8, 4) is 12.3 Å². The number of nitrogens with zero attached hydrogens (tertiary/aromatic N) is 3. The lowest BCUT2D eigenvalue weighted by Crippen LogP contribution is -2.49. The first-order valence-corrected chi connectivity index (χ1v) is 14.6. The van der Waals surface area contributed by atoms with Gasteiger partial charge in [-0.15, -0.1) is 29.1 Å². The summed E-state index contributed by atoms with van der Waals surface area (Å²) in [5, 5.41) is 11.5. The molecule has 1 saturated heterocycles. The molecule has 1 fully saturated rings. The quantitative estimate of drug-likeness (QED) is 0.325. The summed E-state index contributed by atoms with van der Waals surface area (Å²) in [6.45, 7) is 9.47. The maximum Gasteiger partial charge on any atom is 0.278 e. The van der Waals surface area contributed by atoms with Gasteiger partial charge >= 0.3 is 0 Å². The topological polar surface area (TPSA) is 77.6 Å². The fourth-order valence-electron chi connectivity index (χ4n) is 4.74. The van der Waals surface area contributed by atoms with Crippen molar-refractivity contribution in [3.05, 3.63) is 75.6 Å². The molecule has 1 atom stereocenters. The number of rotatable bonds is 6. The average molecular weight is 558 g/mol. The van der Waals surface area contributed by atoms with Gasteiger partial charge in [-0.05, 0) is 67.8 Å². The van der Waals surface area contributed by atoms with Gasteiger partial charge in [-0.2, -0.15) is 0 Å². The molecule has 7 nitrogen and oxygen atoms in total. The second-order valence-corrected chi connectivity index (χ2v) is 12.2. The lowest BCUT2D eigenvalue weighted by atomic mass is 9.99. The third-order valence-corrected chi connectivity index (χ3v) is 8.24. The van der Waals surface area contributed by atoms with E-state index in [9.17, 15) is 9.59 Å². The predicted octanol–water partition coefficient (Wildman–Crippen LogP) is 5.05. The van der Waals surface area contributed by atoms with Gasteiger partial charge < -0.3 is 15.5 Å². The van der Waals surface area contributed by atoms with Crippen LogP contribution in [0.5, 0.6) is 0 Å². The molecule has 0 saturated carbocycles. The fraction of sp³-hybridized carbons (Fsp3) is 0.300. The highest BCUT2D eigenvalue weighted by Gasteiger charge is 2.37. The Bertz CT molecular complexity index is 1520. The van der Waals surface area contributed by atoms with E-state index >= 15 is 0 Å². The van der Waals surface area contributed by atoms with Crippen molar-refractivity contribution in [1.29, 1.82) is 0 Å². The van der Waals surface area contributed by atoms with Crippen molar-refractivity contribution in [2.45, 2.75) is 32.4 Å². The minimum absolute atomic E-state index is 0.215. The largest absolute Gasteiger partial charge is 0.369 e. The molecule has 1 aliphatic heterocycles. The zero-order chi connectivity index (χ0) is 27.6. The highest BCUT2D eigenvalue weighted by Crippen LogP contribution is 2.37. The van der Waals surface area contributed by atoms with Gasteiger partial charge in [-0.25, -0.2) is 4.98 Å². The Morgan fingerprint density at radius 1 is 1.08 bits per heavy atom. The predicted molar refractivity (Wildman–Crippen MR) is 161 cm³/mol. The summed E-state index contributed by atoms with van der Waals surface area (Å²) < 4.78 is 1.05. The molecule has 2 aromatic heterocycles. The maximum absolute atomic E-state index is 14.2. The summed E-state index contributed by atoms with van der Waals surface area (Å²) in [5.41, 5.74) is 2.17. The van der Waals surface area contributed by atoms with Gasteiger partial charge in [0.2, 0.25) is 5.91 Å². The van der Waals surface area contributed by atoms with Crippen LogP contribution in [0.1, 0.15) is 47.9 Å². The van der Waals surface area contributed by atoms with Gasteiger partial charge in [-0.1, -0.05) is 18.2 Å². The van der Waals surface area contributed by atoms with Crippen LogP contribution in [-0.2, 0) is 4.79 Å². The second-order valence-electron chi connectivity index (χ2n) is 10.4. The Kier molecular flexibility index (Phi) is 7.71. The Balaban J connectivity index is 1.64. The molecule has 2 N–H and O–H groups in total. The van der Waals surface area contributed by atoms with Gasteiger partial charge in [-0.3, -0.25) is 14.5 Å².